The van der Waals surface area contributed by atoms with Crippen molar-refractivity contribution in [3.8, 4) is 0 Å². The van der Waals surface area contributed by atoms with Crippen molar-refractivity contribution in [2.75, 3.05) is 18.4 Å². The van der Waals surface area contributed by atoms with Gasteiger partial charge < -0.3 is 10.2 Å². The van der Waals surface area contributed by atoms with Crippen LogP contribution in [0, 0.1) is 5.92 Å². The van der Waals surface area contributed by atoms with E-state index >= 15 is 0 Å². The van der Waals surface area contributed by atoms with Crippen LogP contribution < -0.4 is 5.32 Å². The Hall–Kier alpha value is -2.67. The quantitative estimate of drug-likeness (QED) is 0.863. The largest absolute Gasteiger partial charge is 0.355 e. The molecule has 2 aliphatic heterocycles. The average Bonchev–Trinajstić information content (AvgIpc) is 3.00. The van der Waals surface area contributed by atoms with Gasteiger partial charge in [-0.2, -0.15) is 8.42 Å². The summed E-state index contributed by atoms with van der Waals surface area (Å²) in [6.07, 6.45) is 2.30. The third-order valence-electron chi connectivity index (χ3n) is 5.41. The van der Waals surface area contributed by atoms with Gasteiger partial charge in [0.15, 0.2) is 5.84 Å². The van der Waals surface area contributed by atoms with Gasteiger partial charge in [0.25, 0.3) is 10.0 Å². The Morgan fingerprint density at radius 3 is 2.46 bits per heavy atom. The highest BCUT2D eigenvalue weighted by atomic mass is 32.2. The van der Waals surface area contributed by atoms with Crippen molar-refractivity contribution in [2.45, 2.75) is 31.1 Å². The number of amides is 1. The SMILES string of the molecule is CCc1ccc(NC(=O)C2CCN(C3=NS(=O)(=O)c4ccccc43)CC2)cc1. The molecular formula is C21H23N3O3S. The van der Waals surface area contributed by atoms with Crippen molar-refractivity contribution in [1.82, 2.24) is 4.90 Å². The number of amidine groups is 1. The second-order valence-electron chi connectivity index (χ2n) is 7.19. The van der Waals surface area contributed by atoms with Gasteiger partial charge in [0.2, 0.25) is 5.91 Å². The molecule has 7 heteroatoms. The lowest BCUT2D eigenvalue weighted by Crippen LogP contribution is -2.41. The summed E-state index contributed by atoms with van der Waals surface area (Å²) in [6, 6.07) is 14.8. The molecule has 0 aliphatic carbocycles. The Labute approximate surface area is 165 Å². The highest BCUT2D eigenvalue weighted by Crippen LogP contribution is 2.30. The number of nitrogens with one attached hydrogen (secondary N) is 1. The lowest BCUT2D eigenvalue weighted by molar-refractivity contribution is -0.120. The highest BCUT2D eigenvalue weighted by Gasteiger charge is 2.34. The summed E-state index contributed by atoms with van der Waals surface area (Å²) in [5, 5.41) is 2.99. The fourth-order valence-corrected chi connectivity index (χ4v) is 4.97. The molecule has 0 spiro atoms. The summed E-state index contributed by atoms with van der Waals surface area (Å²) < 4.78 is 28.5. The Kier molecular flexibility index (Phi) is 4.93. The number of hydrogen-bond donors (Lipinski definition) is 1. The first-order valence-electron chi connectivity index (χ1n) is 9.57. The fraction of sp³-hybridized carbons (Fsp3) is 0.333. The van der Waals surface area contributed by atoms with Crippen molar-refractivity contribution in [2.24, 2.45) is 10.3 Å². The van der Waals surface area contributed by atoms with Crippen LogP contribution in [-0.2, 0) is 21.2 Å². The standard InChI is InChI=1S/C21H23N3O3S/c1-2-15-7-9-17(10-8-15)22-21(25)16-11-13-24(14-12-16)20-18-5-3-4-6-19(18)28(26,27)23-20/h3-10,16H,2,11-14H2,1H3,(H,22,25). The molecule has 6 nitrogen and oxygen atoms in total. The van der Waals surface area contributed by atoms with Crippen molar-refractivity contribution in [3.05, 3.63) is 59.7 Å². The van der Waals surface area contributed by atoms with Crippen LogP contribution in [0.4, 0.5) is 5.69 Å². The second-order valence-corrected chi connectivity index (χ2v) is 8.76. The first kappa shape index (κ1) is 18.7. The molecule has 1 N–H and O–H groups in total. The minimum atomic E-state index is -3.61. The normalized spacial score (nSPS) is 18.5. The summed E-state index contributed by atoms with van der Waals surface area (Å²) >= 11 is 0. The maximum Gasteiger partial charge on any atom is 0.285 e. The van der Waals surface area contributed by atoms with Crippen LogP contribution >= 0.6 is 0 Å². The van der Waals surface area contributed by atoms with E-state index in [0.29, 0.717) is 37.3 Å². The van der Waals surface area contributed by atoms with Crippen LogP contribution in [-0.4, -0.2) is 38.2 Å². The van der Waals surface area contributed by atoms with Gasteiger partial charge in [0.05, 0.1) is 0 Å². The number of hydrogen-bond acceptors (Lipinski definition) is 4. The van der Waals surface area contributed by atoms with Crippen LogP contribution in [0.2, 0.25) is 0 Å². The Morgan fingerprint density at radius 1 is 1.11 bits per heavy atom. The lowest BCUT2D eigenvalue weighted by Gasteiger charge is -2.32. The zero-order valence-electron chi connectivity index (χ0n) is 15.8. The molecule has 1 saturated heterocycles. The van der Waals surface area contributed by atoms with Gasteiger partial charge in [0, 0.05) is 30.3 Å². The van der Waals surface area contributed by atoms with Gasteiger partial charge >= 0.3 is 0 Å². The third-order valence-corrected chi connectivity index (χ3v) is 6.73. The summed E-state index contributed by atoms with van der Waals surface area (Å²) in [5.74, 6) is 0.436. The summed E-state index contributed by atoms with van der Waals surface area (Å²) in [4.78, 5) is 14.8. The maximum absolute atomic E-state index is 12.6. The number of anilines is 1. The number of aryl methyl sites for hydroxylation is 1. The maximum atomic E-state index is 12.6. The van der Waals surface area contributed by atoms with Crippen molar-refractivity contribution in [1.29, 1.82) is 0 Å². The van der Waals surface area contributed by atoms with Crippen molar-refractivity contribution >= 4 is 27.5 Å². The van der Waals surface area contributed by atoms with Gasteiger partial charge in [0.1, 0.15) is 4.90 Å². The molecule has 2 heterocycles. The lowest BCUT2D eigenvalue weighted by atomic mass is 9.95. The number of carbonyl (C=O) groups is 1. The van der Waals surface area contributed by atoms with E-state index in [1.807, 2.05) is 35.2 Å². The smallest absolute Gasteiger partial charge is 0.285 e. The predicted molar refractivity (Wildman–Crippen MR) is 109 cm³/mol. The second kappa shape index (κ2) is 7.39. The number of fused-ring (bicyclic) bond motifs is 1. The first-order chi connectivity index (χ1) is 13.5. The third kappa shape index (κ3) is 3.54. The van der Waals surface area contributed by atoms with E-state index in [1.165, 1.54) is 5.56 Å². The van der Waals surface area contributed by atoms with Gasteiger partial charge in [-0.15, -0.1) is 4.40 Å². The van der Waals surface area contributed by atoms with E-state index in [0.717, 1.165) is 12.1 Å². The van der Waals surface area contributed by atoms with E-state index in [1.54, 1.807) is 18.2 Å². The van der Waals surface area contributed by atoms with Crippen molar-refractivity contribution in [3.63, 3.8) is 0 Å². The van der Waals surface area contributed by atoms with Gasteiger partial charge in [-0.3, -0.25) is 4.79 Å². The number of nitrogens with zero attached hydrogens (tertiary/aromatic N) is 2. The molecule has 2 aliphatic rings. The molecule has 28 heavy (non-hydrogen) atoms. The molecule has 1 fully saturated rings. The average molecular weight is 398 g/mol. The molecule has 0 unspecified atom stereocenters. The zero-order valence-corrected chi connectivity index (χ0v) is 16.6. The minimum absolute atomic E-state index is 0.0188. The predicted octanol–water partition coefficient (Wildman–Crippen LogP) is 3.05. The van der Waals surface area contributed by atoms with E-state index in [4.69, 9.17) is 0 Å². The van der Waals surface area contributed by atoms with Gasteiger partial charge in [-0.25, -0.2) is 0 Å². The Bertz CT molecular complexity index is 1020. The molecule has 1 amide bonds. The van der Waals surface area contributed by atoms with Crippen LogP contribution in [0.25, 0.3) is 0 Å². The number of likely N-dealkylation sites (tertiary alicyclic amines) is 1. The topological polar surface area (TPSA) is 78.8 Å². The molecule has 4 rings (SSSR count). The first-order valence-corrected chi connectivity index (χ1v) is 11.0. The molecule has 0 aromatic heterocycles. The molecule has 0 radical (unpaired) electrons. The summed E-state index contributed by atoms with van der Waals surface area (Å²) in [6.45, 7) is 3.31. The summed E-state index contributed by atoms with van der Waals surface area (Å²) in [5.41, 5.74) is 2.70. The number of carbonyl (C=O) groups excluding carboxylic acids is 1. The van der Waals surface area contributed by atoms with Crippen LogP contribution in [0.3, 0.4) is 0 Å². The number of rotatable bonds is 3. The monoisotopic (exact) mass is 397 g/mol. The van der Waals surface area contributed by atoms with Crippen LogP contribution in [0.5, 0.6) is 0 Å². The molecule has 0 saturated carbocycles. The molecule has 2 aromatic rings. The van der Waals surface area contributed by atoms with E-state index in [-0.39, 0.29) is 16.7 Å². The molecule has 0 atom stereocenters. The molecule has 2 aromatic carbocycles. The molecular weight excluding hydrogens is 374 g/mol. The molecule has 146 valence electrons. The number of sulfonamides is 1. The Morgan fingerprint density at radius 2 is 1.79 bits per heavy atom. The number of benzene rings is 2. The zero-order chi connectivity index (χ0) is 19.7. The minimum Gasteiger partial charge on any atom is -0.355 e. The van der Waals surface area contributed by atoms with Crippen molar-refractivity contribution < 1.29 is 13.2 Å². The highest BCUT2D eigenvalue weighted by molar-refractivity contribution is 7.90. The van der Waals surface area contributed by atoms with Gasteiger partial charge in [-0.05, 0) is 49.1 Å². The Balaban J connectivity index is 1.40. The van der Waals surface area contributed by atoms with Crippen LogP contribution in [0.1, 0.15) is 30.9 Å². The van der Waals surface area contributed by atoms with E-state index in [9.17, 15) is 13.2 Å². The number of piperidine rings is 1. The van der Waals surface area contributed by atoms with E-state index in [2.05, 4.69) is 16.6 Å². The van der Waals surface area contributed by atoms with E-state index < -0.39 is 10.0 Å². The summed E-state index contributed by atoms with van der Waals surface area (Å²) in [7, 11) is -3.61. The fourth-order valence-electron chi connectivity index (χ4n) is 3.74. The van der Waals surface area contributed by atoms with Crippen LogP contribution in [0.15, 0.2) is 57.8 Å². The molecule has 0 bridgehead atoms. The van der Waals surface area contributed by atoms with Gasteiger partial charge in [-0.1, -0.05) is 31.2 Å².